The van der Waals surface area contributed by atoms with E-state index < -0.39 is 4.92 Å². The highest BCUT2D eigenvalue weighted by atomic mass is 16.6. The Morgan fingerprint density at radius 3 is 2.45 bits per heavy atom. The van der Waals surface area contributed by atoms with Crippen LogP contribution in [0, 0.1) is 24.0 Å². The minimum atomic E-state index is -0.474. The quantitative estimate of drug-likeness (QED) is 0.395. The van der Waals surface area contributed by atoms with E-state index in [0.29, 0.717) is 17.1 Å². The highest BCUT2D eigenvalue weighted by Crippen LogP contribution is 2.34. The fraction of sp³-hybridized carbons (Fsp3) is 0.200. The molecule has 0 aliphatic rings. The molecule has 0 amide bonds. The number of hydrogen-bond acceptors (Lipinski definition) is 6. The van der Waals surface area contributed by atoms with Crippen LogP contribution in [0.2, 0.25) is 0 Å². The standard InChI is InChI=1S/C15H16N4O3/c1-9-4-5-12(14(6-9)19(20)21)17-18-13-8-15(22-3)11(16)7-10(13)2/h4-8H,16H2,1-3H3/b18-17+. The zero-order valence-electron chi connectivity index (χ0n) is 12.5. The summed E-state index contributed by atoms with van der Waals surface area (Å²) in [6, 6.07) is 8.15. The Labute approximate surface area is 127 Å². The van der Waals surface area contributed by atoms with Crippen molar-refractivity contribution in [2.75, 3.05) is 12.8 Å². The van der Waals surface area contributed by atoms with Crippen molar-refractivity contribution in [2.24, 2.45) is 10.2 Å². The van der Waals surface area contributed by atoms with E-state index in [1.165, 1.54) is 13.2 Å². The van der Waals surface area contributed by atoms with Crippen molar-refractivity contribution in [2.45, 2.75) is 13.8 Å². The highest BCUT2D eigenvalue weighted by Gasteiger charge is 2.13. The molecule has 114 valence electrons. The van der Waals surface area contributed by atoms with Gasteiger partial charge in [-0.15, -0.1) is 10.2 Å². The average molecular weight is 300 g/mol. The van der Waals surface area contributed by atoms with Gasteiger partial charge in [0.2, 0.25) is 0 Å². The maximum atomic E-state index is 11.1. The number of ether oxygens (including phenoxy) is 1. The molecule has 0 fully saturated rings. The summed E-state index contributed by atoms with van der Waals surface area (Å²) in [5, 5.41) is 19.1. The van der Waals surface area contributed by atoms with Gasteiger partial charge < -0.3 is 10.5 Å². The van der Waals surface area contributed by atoms with Gasteiger partial charge in [-0.2, -0.15) is 0 Å². The van der Waals surface area contributed by atoms with E-state index in [-0.39, 0.29) is 11.4 Å². The van der Waals surface area contributed by atoms with E-state index in [9.17, 15) is 10.1 Å². The van der Waals surface area contributed by atoms with Crippen molar-refractivity contribution in [1.29, 1.82) is 0 Å². The number of nitrogens with zero attached hydrogens (tertiary/aromatic N) is 3. The average Bonchev–Trinajstić information content (AvgIpc) is 2.47. The van der Waals surface area contributed by atoms with E-state index >= 15 is 0 Å². The van der Waals surface area contributed by atoms with Crippen LogP contribution < -0.4 is 10.5 Å². The number of nitro benzene ring substituents is 1. The monoisotopic (exact) mass is 300 g/mol. The van der Waals surface area contributed by atoms with Gasteiger partial charge >= 0.3 is 0 Å². The minimum Gasteiger partial charge on any atom is -0.495 e. The summed E-state index contributed by atoms with van der Waals surface area (Å²) in [5.41, 5.74) is 8.56. The fourth-order valence-electron chi connectivity index (χ4n) is 1.96. The lowest BCUT2D eigenvalue weighted by atomic mass is 10.1. The molecule has 2 aromatic rings. The number of nitrogens with two attached hydrogens (primary N) is 1. The second kappa shape index (κ2) is 6.21. The predicted molar refractivity (Wildman–Crippen MR) is 84.2 cm³/mol. The van der Waals surface area contributed by atoms with Crippen molar-refractivity contribution >= 4 is 22.7 Å². The molecule has 0 aliphatic carbocycles. The third-order valence-corrected chi connectivity index (χ3v) is 3.14. The van der Waals surface area contributed by atoms with Gasteiger partial charge in [-0.05, 0) is 37.1 Å². The number of nitro groups is 1. The molecule has 7 nitrogen and oxygen atoms in total. The lowest BCUT2D eigenvalue weighted by molar-refractivity contribution is -0.384. The van der Waals surface area contributed by atoms with Crippen molar-refractivity contribution < 1.29 is 9.66 Å². The van der Waals surface area contributed by atoms with Crippen LogP contribution in [0.15, 0.2) is 40.6 Å². The van der Waals surface area contributed by atoms with Gasteiger partial charge in [0.15, 0.2) is 5.69 Å². The smallest absolute Gasteiger partial charge is 0.296 e. The first-order chi connectivity index (χ1) is 10.4. The van der Waals surface area contributed by atoms with E-state index in [1.54, 1.807) is 31.2 Å². The fourth-order valence-corrected chi connectivity index (χ4v) is 1.96. The third-order valence-electron chi connectivity index (χ3n) is 3.14. The Kier molecular flexibility index (Phi) is 4.36. The summed E-state index contributed by atoms with van der Waals surface area (Å²) in [7, 11) is 1.51. The molecule has 0 atom stereocenters. The third kappa shape index (κ3) is 3.20. The first-order valence-electron chi connectivity index (χ1n) is 6.53. The maximum absolute atomic E-state index is 11.1. The van der Waals surface area contributed by atoms with E-state index in [0.717, 1.165) is 11.1 Å². The summed E-state index contributed by atoms with van der Waals surface area (Å²) >= 11 is 0. The molecule has 0 saturated heterocycles. The van der Waals surface area contributed by atoms with Gasteiger partial charge in [-0.1, -0.05) is 6.07 Å². The summed E-state index contributed by atoms with van der Waals surface area (Å²) in [4.78, 5) is 10.6. The number of benzene rings is 2. The van der Waals surface area contributed by atoms with Crippen LogP contribution in [0.3, 0.4) is 0 Å². The van der Waals surface area contributed by atoms with Crippen LogP contribution in [-0.2, 0) is 0 Å². The molecule has 22 heavy (non-hydrogen) atoms. The van der Waals surface area contributed by atoms with Gasteiger partial charge in [-0.3, -0.25) is 10.1 Å². The molecule has 0 aliphatic heterocycles. The molecule has 0 radical (unpaired) electrons. The molecule has 2 rings (SSSR count). The van der Waals surface area contributed by atoms with Crippen molar-refractivity contribution in [3.8, 4) is 5.75 Å². The van der Waals surface area contributed by atoms with Crippen LogP contribution in [0.4, 0.5) is 22.7 Å². The molecule has 0 unspecified atom stereocenters. The normalized spacial score (nSPS) is 10.9. The Hall–Kier alpha value is -2.96. The molecule has 0 bridgehead atoms. The van der Waals surface area contributed by atoms with Gasteiger partial charge in [-0.25, -0.2) is 0 Å². The van der Waals surface area contributed by atoms with Crippen molar-refractivity contribution in [3.63, 3.8) is 0 Å². The van der Waals surface area contributed by atoms with E-state index in [1.807, 2.05) is 6.92 Å². The summed E-state index contributed by atoms with van der Waals surface area (Å²) in [6.45, 7) is 3.61. The number of rotatable bonds is 4. The van der Waals surface area contributed by atoms with E-state index in [4.69, 9.17) is 10.5 Å². The van der Waals surface area contributed by atoms with Crippen LogP contribution >= 0.6 is 0 Å². The zero-order valence-corrected chi connectivity index (χ0v) is 12.5. The Morgan fingerprint density at radius 1 is 1.14 bits per heavy atom. The summed E-state index contributed by atoms with van der Waals surface area (Å²) in [6.07, 6.45) is 0. The topological polar surface area (TPSA) is 103 Å². The Balaban J connectivity index is 2.43. The first kappa shape index (κ1) is 15.4. The Morgan fingerprint density at radius 2 is 1.82 bits per heavy atom. The Bertz CT molecular complexity index is 757. The molecule has 0 spiro atoms. The van der Waals surface area contributed by atoms with Gasteiger partial charge in [0, 0.05) is 12.1 Å². The molecule has 2 N–H and O–H groups in total. The van der Waals surface area contributed by atoms with E-state index in [2.05, 4.69) is 10.2 Å². The predicted octanol–water partition coefficient (Wildman–Crippen LogP) is 4.22. The number of nitrogen functional groups attached to an aromatic ring is 1. The van der Waals surface area contributed by atoms with Crippen LogP contribution in [0.5, 0.6) is 5.75 Å². The number of anilines is 1. The second-order valence-corrected chi connectivity index (χ2v) is 4.83. The number of azo groups is 1. The number of methoxy groups -OCH3 is 1. The molecule has 0 saturated carbocycles. The molecular formula is C15H16N4O3. The van der Waals surface area contributed by atoms with Gasteiger partial charge in [0.1, 0.15) is 5.75 Å². The lowest BCUT2D eigenvalue weighted by Gasteiger charge is -2.07. The SMILES string of the molecule is COc1cc(/N=N/c2ccc(C)cc2[N+](=O)[O-])c(C)cc1N. The lowest BCUT2D eigenvalue weighted by Crippen LogP contribution is -1.92. The summed E-state index contributed by atoms with van der Waals surface area (Å²) < 4.78 is 5.14. The van der Waals surface area contributed by atoms with Crippen LogP contribution in [-0.4, -0.2) is 12.0 Å². The van der Waals surface area contributed by atoms with Crippen molar-refractivity contribution in [3.05, 3.63) is 51.6 Å². The van der Waals surface area contributed by atoms with Crippen LogP contribution in [0.25, 0.3) is 0 Å². The van der Waals surface area contributed by atoms with Gasteiger partial charge in [0.05, 0.1) is 23.4 Å². The van der Waals surface area contributed by atoms with Crippen LogP contribution in [0.1, 0.15) is 11.1 Å². The molecule has 0 heterocycles. The molecular weight excluding hydrogens is 284 g/mol. The first-order valence-corrected chi connectivity index (χ1v) is 6.53. The van der Waals surface area contributed by atoms with Gasteiger partial charge in [0.25, 0.3) is 5.69 Å². The highest BCUT2D eigenvalue weighted by molar-refractivity contribution is 5.64. The zero-order chi connectivity index (χ0) is 16.3. The number of hydrogen-bond donors (Lipinski definition) is 1. The summed E-state index contributed by atoms with van der Waals surface area (Å²) in [5.74, 6) is 0.484. The molecule has 2 aromatic carbocycles. The largest absolute Gasteiger partial charge is 0.495 e. The number of aryl methyl sites for hydroxylation is 2. The molecule has 0 aromatic heterocycles. The molecule has 7 heteroatoms. The minimum absolute atomic E-state index is 0.0798. The maximum Gasteiger partial charge on any atom is 0.296 e. The van der Waals surface area contributed by atoms with Crippen molar-refractivity contribution in [1.82, 2.24) is 0 Å². The second-order valence-electron chi connectivity index (χ2n) is 4.83.